The van der Waals surface area contributed by atoms with E-state index >= 15 is 0 Å². The summed E-state index contributed by atoms with van der Waals surface area (Å²) in [5.74, 6) is 2.18. The van der Waals surface area contributed by atoms with Crippen LogP contribution < -0.4 is 14.8 Å². The lowest BCUT2D eigenvalue weighted by Gasteiger charge is -2.26. The Bertz CT molecular complexity index is 1010. The van der Waals surface area contributed by atoms with Gasteiger partial charge in [0.1, 0.15) is 11.5 Å². The van der Waals surface area contributed by atoms with Crippen LogP contribution in [-0.4, -0.2) is 46.5 Å². The number of carbonyl (C=O) groups excluding carboxylic acids is 1. The van der Waals surface area contributed by atoms with Crippen LogP contribution in [0.3, 0.4) is 0 Å². The van der Waals surface area contributed by atoms with Crippen molar-refractivity contribution in [2.45, 2.75) is 25.4 Å². The normalized spacial score (nSPS) is 15.8. The molecule has 8 nitrogen and oxygen atoms in total. The summed E-state index contributed by atoms with van der Waals surface area (Å²) in [5.41, 5.74) is 1.96. The average molecular weight is 407 g/mol. The third kappa shape index (κ3) is 4.07. The molecule has 0 radical (unpaired) electrons. The quantitative estimate of drug-likeness (QED) is 0.678. The Kier molecular flexibility index (Phi) is 5.83. The van der Waals surface area contributed by atoms with Crippen molar-refractivity contribution in [1.82, 2.24) is 25.0 Å². The molecule has 2 aromatic heterocycles. The first kappa shape index (κ1) is 19.8. The van der Waals surface area contributed by atoms with Crippen LogP contribution in [0.1, 0.15) is 30.0 Å². The van der Waals surface area contributed by atoms with Crippen LogP contribution in [0.2, 0.25) is 0 Å². The molecule has 156 valence electrons. The summed E-state index contributed by atoms with van der Waals surface area (Å²) in [4.78, 5) is 19.2. The molecule has 2 amide bonds. The van der Waals surface area contributed by atoms with E-state index in [1.54, 1.807) is 31.3 Å². The van der Waals surface area contributed by atoms with Crippen LogP contribution in [0.15, 0.2) is 55.0 Å². The van der Waals surface area contributed by atoms with Crippen molar-refractivity contribution < 1.29 is 14.3 Å². The van der Waals surface area contributed by atoms with Crippen molar-refractivity contribution in [3.63, 3.8) is 0 Å². The second-order valence-electron chi connectivity index (χ2n) is 7.09. The minimum atomic E-state index is -0.0900. The van der Waals surface area contributed by atoms with Gasteiger partial charge >= 0.3 is 6.03 Å². The highest BCUT2D eigenvalue weighted by Gasteiger charge is 2.32. The summed E-state index contributed by atoms with van der Waals surface area (Å²) in [6.45, 7) is 1.12. The Balaban J connectivity index is 1.45. The minimum absolute atomic E-state index is 0.0251. The summed E-state index contributed by atoms with van der Waals surface area (Å²) in [5, 5.41) is 7.23. The molecule has 0 bridgehead atoms. The van der Waals surface area contributed by atoms with E-state index in [2.05, 4.69) is 15.4 Å². The molecule has 1 aromatic carbocycles. The van der Waals surface area contributed by atoms with Gasteiger partial charge < -0.3 is 19.7 Å². The van der Waals surface area contributed by atoms with Crippen LogP contribution >= 0.6 is 0 Å². The SMILES string of the molecule is COc1ccc(C2CCCN2C(=O)NCc2ccnc(-n3cccn3)c2)c(OC)c1. The maximum atomic E-state index is 13.0. The van der Waals surface area contributed by atoms with E-state index in [0.717, 1.165) is 35.5 Å². The highest BCUT2D eigenvalue weighted by atomic mass is 16.5. The van der Waals surface area contributed by atoms with Gasteiger partial charge in [-0.25, -0.2) is 14.5 Å². The van der Waals surface area contributed by atoms with Gasteiger partial charge in [0.25, 0.3) is 0 Å². The van der Waals surface area contributed by atoms with Gasteiger partial charge in [0.2, 0.25) is 0 Å². The van der Waals surface area contributed by atoms with E-state index in [1.165, 1.54) is 0 Å². The monoisotopic (exact) mass is 407 g/mol. The Hall–Kier alpha value is -3.55. The number of hydrogen-bond acceptors (Lipinski definition) is 5. The van der Waals surface area contributed by atoms with Gasteiger partial charge in [-0.05, 0) is 48.7 Å². The number of ether oxygens (including phenoxy) is 2. The van der Waals surface area contributed by atoms with Gasteiger partial charge in [-0.15, -0.1) is 0 Å². The third-order valence-electron chi connectivity index (χ3n) is 5.31. The van der Waals surface area contributed by atoms with E-state index in [4.69, 9.17) is 9.47 Å². The van der Waals surface area contributed by atoms with Crippen molar-refractivity contribution in [2.24, 2.45) is 0 Å². The summed E-state index contributed by atoms with van der Waals surface area (Å²) in [6, 6.07) is 11.3. The van der Waals surface area contributed by atoms with E-state index < -0.39 is 0 Å². The molecule has 0 aliphatic carbocycles. The van der Waals surface area contributed by atoms with Crippen molar-refractivity contribution in [3.8, 4) is 17.3 Å². The molecule has 0 saturated carbocycles. The summed E-state index contributed by atoms with van der Waals surface area (Å²) in [6.07, 6.45) is 7.11. The lowest BCUT2D eigenvalue weighted by atomic mass is 10.0. The molecule has 0 spiro atoms. The highest BCUT2D eigenvalue weighted by Crippen LogP contribution is 2.38. The predicted molar refractivity (Wildman–Crippen MR) is 112 cm³/mol. The van der Waals surface area contributed by atoms with Gasteiger partial charge in [0.05, 0.1) is 20.3 Å². The molecule has 1 N–H and O–H groups in total. The molecule has 30 heavy (non-hydrogen) atoms. The molecule has 3 heterocycles. The fourth-order valence-electron chi connectivity index (χ4n) is 3.81. The van der Waals surface area contributed by atoms with Crippen LogP contribution in [0.4, 0.5) is 4.79 Å². The number of urea groups is 1. The number of aromatic nitrogens is 3. The molecule has 1 fully saturated rings. The van der Waals surface area contributed by atoms with Crippen molar-refractivity contribution in [2.75, 3.05) is 20.8 Å². The molecule has 1 aliphatic rings. The number of hydrogen-bond donors (Lipinski definition) is 1. The van der Waals surface area contributed by atoms with Crippen LogP contribution in [-0.2, 0) is 6.54 Å². The summed E-state index contributed by atoms with van der Waals surface area (Å²) < 4.78 is 12.5. The standard InChI is InChI=1S/C22H25N5O3/c1-29-17-6-7-18(20(14-17)30-2)19-5-3-11-26(19)22(28)24-15-16-8-10-23-21(13-16)27-12-4-9-25-27/h4,6-10,12-14,19H,3,5,11,15H2,1-2H3,(H,24,28). The molecule has 1 unspecified atom stereocenters. The predicted octanol–water partition coefficient (Wildman–Crippen LogP) is 3.33. The maximum absolute atomic E-state index is 13.0. The number of carbonyl (C=O) groups is 1. The van der Waals surface area contributed by atoms with E-state index in [-0.39, 0.29) is 12.1 Å². The number of amides is 2. The van der Waals surface area contributed by atoms with Gasteiger partial charge in [0, 0.05) is 43.3 Å². The van der Waals surface area contributed by atoms with Crippen LogP contribution in [0.25, 0.3) is 5.82 Å². The summed E-state index contributed by atoms with van der Waals surface area (Å²) in [7, 11) is 3.26. The van der Waals surface area contributed by atoms with Crippen LogP contribution in [0.5, 0.6) is 11.5 Å². The molecule has 4 rings (SSSR count). The van der Waals surface area contributed by atoms with Crippen molar-refractivity contribution >= 4 is 6.03 Å². The fourth-order valence-corrected chi connectivity index (χ4v) is 3.81. The number of methoxy groups -OCH3 is 2. The fraction of sp³-hybridized carbons (Fsp3) is 0.318. The molecule has 3 aromatic rings. The molecule has 1 atom stereocenters. The number of nitrogens with zero attached hydrogens (tertiary/aromatic N) is 4. The zero-order valence-corrected chi connectivity index (χ0v) is 17.1. The largest absolute Gasteiger partial charge is 0.497 e. The highest BCUT2D eigenvalue weighted by molar-refractivity contribution is 5.75. The minimum Gasteiger partial charge on any atom is -0.497 e. The van der Waals surface area contributed by atoms with E-state index in [0.29, 0.717) is 18.9 Å². The first-order valence-electron chi connectivity index (χ1n) is 9.91. The average Bonchev–Trinajstić information content (AvgIpc) is 3.49. The van der Waals surface area contributed by atoms with Crippen LogP contribution in [0, 0.1) is 0 Å². The molecule has 8 heteroatoms. The van der Waals surface area contributed by atoms with Gasteiger partial charge in [0.15, 0.2) is 5.82 Å². The van der Waals surface area contributed by atoms with E-state index in [1.807, 2.05) is 47.5 Å². The number of likely N-dealkylation sites (tertiary alicyclic amines) is 1. The first-order chi connectivity index (χ1) is 14.7. The second kappa shape index (κ2) is 8.86. The summed E-state index contributed by atoms with van der Waals surface area (Å²) >= 11 is 0. The zero-order chi connectivity index (χ0) is 20.9. The van der Waals surface area contributed by atoms with Gasteiger partial charge in [-0.3, -0.25) is 0 Å². The lowest BCUT2D eigenvalue weighted by molar-refractivity contribution is 0.191. The molecule has 1 aliphatic heterocycles. The second-order valence-corrected chi connectivity index (χ2v) is 7.09. The number of benzene rings is 1. The Morgan fingerprint density at radius 2 is 2.10 bits per heavy atom. The van der Waals surface area contributed by atoms with Crippen molar-refractivity contribution in [3.05, 3.63) is 66.1 Å². The van der Waals surface area contributed by atoms with Gasteiger partial charge in [-0.2, -0.15) is 5.10 Å². The number of pyridine rings is 1. The van der Waals surface area contributed by atoms with Crippen molar-refractivity contribution in [1.29, 1.82) is 0 Å². The van der Waals surface area contributed by atoms with E-state index in [9.17, 15) is 4.79 Å². The molecule has 1 saturated heterocycles. The third-order valence-corrected chi connectivity index (χ3v) is 5.31. The Morgan fingerprint density at radius 3 is 2.87 bits per heavy atom. The lowest BCUT2D eigenvalue weighted by Crippen LogP contribution is -2.39. The smallest absolute Gasteiger partial charge is 0.318 e. The first-order valence-corrected chi connectivity index (χ1v) is 9.91. The number of rotatable bonds is 6. The topological polar surface area (TPSA) is 81.5 Å². The van der Waals surface area contributed by atoms with Gasteiger partial charge in [-0.1, -0.05) is 0 Å². The zero-order valence-electron chi connectivity index (χ0n) is 17.1. The number of nitrogens with one attached hydrogen (secondary N) is 1. The Morgan fingerprint density at radius 1 is 1.20 bits per heavy atom. The Labute approximate surface area is 175 Å². The molecular formula is C22H25N5O3. The molecular weight excluding hydrogens is 382 g/mol. The maximum Gasteiger partial charge on any atom is 0.318 e.